The summed E-state index contributed by atoms with van der Waals surface area (Å²) in [6, 6.07) is 0. The fourth-order valence-corrected chi connectivity index (χ4v) is 1.39. The van der Waals surface area contributed by atoms with Gasteiger partial charge in [-0.1, -0.05) is 0 Å². The maximum absolute atomic E-state index is 12.7. The van der Waals surface area contributed by atoms with Gasteiger partial charge >= 0.3 is 5.97 Å². The fraction of sp³-hybridized carbons (Fsp3) is 0.400. The van der Waals surface area contributed by atoms with Gasteiger partial charge in [0.15, 0.2) is 0 Å². The minimum atomic E-state index is -2.99. The van der Waals surface area contributed by atoms with Gasteiger partial charge in [0.05, 0.1) is 24.3 Å². The molecule has 1 heterocycles. The Morgan fingerprint density at radius 3 is 2.76 bits per heavy atom. The van der Waals surface area contributed by atoms with Gasteiger partial charge in [0.1, 0.15) is 0 Å². The van der Waals surface area contributed by atoms with E-state index < -0.39 is 29.9 Å². The molecule has 1 aromatic rings. The van der Waals surface area contributed by atoms with Crippen molar-refractivity contribution in [3.63, 3.8) is 0 Å². The largest absolute Gasteiger partial charge is 0.466 e. The third kappa shape index (κ3) is 3.02. The van der Waals surface area contributed by atoms with Crippen molar-refractivity contribution in [2.24, 2.45) is 0 Å². The van der Waals surface area contributed by atoms with Gasteiger partial charge in [0.25, 0.3) is 12.0 Å². The Bertz CT molecular complexity index is 471. The number of carbonyl (C=O) groups is 1. The Hall–Kier alpha value is -1.92. The first-order valence-corrected chi connectivity index (χ1v) is 4.91. The lowest BCUT2D eigenvalue weighted by Crippen LogP contribution is -2.20. The number of nitrogens with one attached hydrogen (secondary N) is 1. The van der Waals surface area contributed by atoms with Gasteiger partial charge in [-0.3, -0.25) is 9.59 Å². The monoisotopic (exact) mass is 246 g/mol. The number of esters is 1. The number of pyridine rings is 1. The molecule has 5 nitrogen and oxygen atoms in total. The van der Waals surface area contributed by atoms with E-state index in [2.05, 4.69) is 9.72 Å². The summed E-state index contributed by atoms with van der Waals surface area (Å²) in [5.41, 5.74) is 3.49. The van der Waals surface area contributed by atoms with Crippen molar-refractivity contribution in [1.82, 2.24) is 4.98 Å². The zero-order chi connectivity index (χ0) is 13.0. The zero-order valence-corrected chi connectivity index (χ0v) is 9.13. The van der Waals surface area contributed by atoms with Crippen LogP contribution in [0.2, 0.25) is 0 Å². The van der Waals surface area contributed by atoms with E-state index in [1.807, 2.05) is 0 Å². The predicted octanol–water partition coefficient (Wildman–Crippen LogP) is 1.00. The lowest BCUT2D eigenvalue weighted by molar-refractivity contribution is -0.142. The third-order valence-electron chi connectivity index (χ3n) is 2.12. The minimum absolute atomic E-state index is 0.0621. The van der Waals surface area contributed by atoms with E-state index in [1.54, 1.807) is 6.92 Å². The van der Waals surface area contributed by atoms with E-state index in [0.29, 0.717) is 0 Å². The first kappa shape index (κ1) is 13.1. The predicted molar refractivity (Wildman–Crippen MR) is 56.8 cm³/mol. The second kappa shape index (κ2) is 5.42. The first-order chi connectivity index (χ1) is 7.97. The standard InChI is InChI=1S/C10H12F2N2O3/c1-2-17-7(15)3-5-6(13)4-14-10(16)8(5)9(11)12/h4,9H,2-3,13H2,1H3,(H,14,16). The highest BCUT2D eigenvalue weighted by molar-refractivity contribution is 5.75. The molecule has 0 amide bonds. The van der Waals surface area contributed by atoms with Crippen molar-refractivity contribution < 1.29 is 18.3 Å². The first-order valence-electron chi connectivity index (χ1n) is 4.91. The maximum atomic E-state index is 12.7. The van der Waals surface area contributed by atoms with Gasteiger partial charge in [-0.2, -0.15) is 0 Å². The molecule has 94 valence electrons. The van der Waals surface area contributed by atoms with Crippen LogP contribution in [-0.2, 0) is 16.0 Å². The number of H-pyrrole nitrogens is 1. The molecule has 17 heavy (non-hydrogen) atoms. The van der Waals surface area contributed by atoms with Crippen molar-refractivity contribution in [3.05, 3.63) is 27.7 Å². The highest BCUT2D eigenvalue weighted by Crippen LogP contribution is 2.23. The highest BCUT2D eigenvalue weighted by Gasteiger charge is 2.22. The van der Waals surface area contributed by atoms with E-state index in [-0.39, 0.29) is 17.9 Å². The highest BCUT2D eigenvalue weighted by atomic mass is 19.3. The number of nitrogen functional groups attached to an aromatic ring is 1. The molecule has 0 spiro atoms. The van der Waals surface area contributed by atoms with Crippen molar-refractivity contribution in [1.29, 1.82) is 0 Å². The molecule has 0 unspecified atom stereocenters. The molecule has 0 fully saturated rings. The summed E-state index contributed by atoms with van der Waals surface area (Å²) in [6.07, 6.45) is -2.35. The molecule has 0 aromatic carbocycles. The number of rotatable bonds is 4. The number of aromatic nitrogens is 1. The van der Waals surface area contributed by atoms with Gasteiger partial charge < -0.3 is 15.5 Å². The Kier molecular flexibility index (Phi) is 4.19. The SMILES string of the molecule is CCOC(=O)Cc1c(N)c[nH]c(=O)c1C(F)F. The molecule has 3 N–H and O–H groups in total. The molecule has 0 radical (unpaired) electrons. The molecule has 0 saturated carbocycles. The number of hydrogen-bond acceptors (Lipinski definition) is 4. The number of halogens is 2. The lowest BCUT2D eigenvalue weighted by atomic mass is 10.1. The van der Waals surface area contributed by atoms with E-state index in [4.69, 9.17) is 5.73 Å². The second-order valence-electron chi connectivity index (χ2n) is 3.25. The summed E-state index contributed by atoms with van der Waals surface area (Å²) in [6.45, 7) is 1.72. The summed E-state index contributed by atoms with van der Waals surface area (Å²) in [5.74, 6) is -0.702. The quantitative estimate of drug-likeness (QED) is 0.776. The van der Waals surface area contributed by atoms with Crippen LogP contribution < -0.4 is 11.3 Å². The number of alkyl halides is 2. The Labute approximate surface area is 95.6 Å². The van der Waals surface area contributed by atoms with Crippen molar-refractivity contribution in [2.45, 2.75) is 19.8 Å². The summed E-state index contributed by atoms with van der Waals surface area (Å²) in [7, 11) is 0. The Morgan fingerprint density at radius 2 is 2.24 bits per heavy atom. The van der Waals surface area contributed by atoms with Crippen LogP contribution in [0.1, 0.15) is 24.5 Å². The number of carbonyl (C=O) groups excluding carboxylic acids is 1. The van der Waals surface area contributed by atoms with Gasteiger partial charge in [0.2, 0.25) is 0 Å². The van der Waals surface area contributed by atoms with Crippen molar-refractivity contribution >= 4 is 11.7 Å². The van der Waals surface area contributed by atoms with Crippen LogP contribution in [-0.4, -0.2) is 17.6 Å². The van der Waals surface area contributed by atoms with Crippen LogP contribution in [0.15, 0.2) is 11.0 Å². The maximum Gasteiger partial charge on any atom is 0.310 e. The van der Waals surface area contributed by atoms with Crippen molar-refractivity contribution in [3.8, 4) is 0 Å². The molecule has 1 rings (SSSR count). The number of nitrogens with two attached hydrogens (primary N) is 1. The molecule has 0 bridgehead atoms. The van der Waals surface area contributed by atoms with Crippen molar-refractivity contribution in [2.75, 3.05) is 12.3 Å². The summed E-state index contributed by atoms with van der Waals surface area (Å²) < 4.78 is 30.0. The number of ether oxygens (including phenoxy) is 1. The van der Waals surface area contributed by atoms with Crippen LogP contribution in [0, 0.1) is 0 Å². The molecule has 0 saturated heterocycles. The van der Waals surface area contributed by atoms with Crippen LogP contribution in [0.4, 0.5) is 14.5 Å². The Balaban J connectivity index is 3.17. The number of aromatic amines is 1. The smallest absolute Gasteiger partial charge is 0.310 e. The summed E-state index contributed by atoms with van der Waals surface area (Å²) in [4.78, 5) is 24.5. The molecule has 1 aromatic heterocycles. The van der Waals surface area contributed by atoms with E-state index in [1.165, 1.54) is 0 Å². The number of anilines is 1. The molecule has 7 heteroatoms. The lowest BCUT2D eigenvalue weighted by Gasteiger charge is -2.10. The third-order valence-corrected chi connectivity index (χ3v) is 2.12. The topological polar surface area (TPSA) is 85.2 Å². The molecule has 0 atom stereocenters. The number of hydrogen-bond donors (Lipinski definition) is 2. The Morgan fingerprint density at radius 1 is 1.59 bits per heavy atom. The normalized spacial score (nSPS) is 10.6. The average Bonchev–Trinajstić information content (AvgIpc) is 2.23. The van der Waals surface area contributed by atoms with Gasteiger partial charge in [-0.25, -0.2) is 8.78 Å². The minimum Gasteiger partial charge on any atom is -0.466 e. The van der Waals surface area contributed by atoms with Gasteiger partial charge in [0, 0.05) is 11.8 Å². The van der Waals surface area contributed by atoms with E-state index in [0.717, 1.165) is 6.20 Å². The van der Waals surface area contributed by atoms with E-state index in [9.17, 15) is 18.4 Å². The second-order valence-corrected chi connectivity index (χ2v) is 3.25. The summed E-state index contributed by atoms with van der Waals surface area (Å²) in [5, 5.41) is 0. The molecule has 0 aliphatic heterocycles. The van der Waals surface area contributed by atoms with E-state index >= 15 is 0 Å². The molecule has 0 aliphatic carbocycles. The molecule has 0 aliphatic rings. The average molecular weight is 246 g/mol. The van der Waals surface area contributed by atoms with Gasteiger partial charge in [-0.15, -0.1) is 0 Å². The molecular formula is C10H12F2N2O3. The van der Waals surface area contributed by atoms with Crippen LogP contribution in [0.3, 0.4) is 0 Å². The summed E-state index contributed by atoms with van der Waals surface area (Å²) >= 11 is 0. The van der Waals surface area contributed by atoms with Crippen LogP contribution >= 0.6 is 0 Å². The van der Waals surface area contributed by atoms with Crippen LogP contribution in [0.25, 0.3) is 0 Å². The zero-order valence-electron chi connectivity index (χ0n) is 9.13. The fourth-order valence-electron chi connectivity index (χ4n) is 1.39. The molecular weight excluding hydrogens is 234 g/mol. The van der Waals surface area contributed by atoms with Crippen LogP contribution in [0.5, 0.6) is 0 Å². The van der Waals surface area contributed by atoms with Gasteiger partial charge in [-0.05, 0) is 6.92 Å².